The zero-order valence-corrected chi connectivity index (χ0v) is 21.9. The number of Topliss-reactive ketones (excluding diaryl/α,β-unsaturated/α-hetero) is 2. The summed E-state index contributed by atoms with van der Waals surface area (Å²) in [5.41, 5.74) is -2.11. The Balaban J connectivity index is 3.26. The first-order valence-electron chi connectivity index (χ1n) is 11.7. The van der Waals surface area contributed by atoms with Crippen molar-refractivity contribution in [3.63, 3.8) is 0 Å². The standard InChI is InChI=1S/C24H42N4O6/c1-17(2)20(30)23(5)11-12-27(7)21(31)33-13-9-10-14-34-22(32)28(8)16-24(6,26-18(3)4)19(29)15-25-23/h9-10,17-18,25-26H,11-16H2,1-8H3/b10-9+/t23-,24-/m1/s1. The average molecular weight is 483 g/mol. The molecule has 0 aromatic carbocycles. The highest BCUT2D eigenvalue weighted by Crippen LogP contribution is 2.19. The van der Waals surface area contributed by atoms with Gasteiger partial charge in [-0.25, -0.2) is 9.59 Å². The predicted octanol–water partition coefficient (Wildman–Crippen LogP) is 1.98. The molecule has 0 aliphatic carbocycles. The number of carbonyl (C=O) groups excluding carboxylic acids is 4. The maximum atomic E-state index is 13.4. The summed E-state index contributed by atoms with van der Waals surface area (Å²) in [6, 6.07) is -0.0255. The molecule has 0 aromatic rings. The molecular weight excluding hydrogens is 440 g/mol. The number of nitrogens with zero attached hydrogens (tertiary/aromatic N) is 2. The van der Waals surface area contributed by atoms with Gasteiger partial charge in [-0.05, 0) is 46.3 Å². The van der Waals surface area contributed by atoms with Crippen molar-refractivity contribution in [2.45, 2.75) is 65.1 Å². The summed E-state index contributed by atoms with van der Waals surface area (Å²) in [4.78, 5) is 53.9. The number of ether oxygens (including phenoxy) is 2. The zero-order valence-electron chi connectivity index (χ0n) is 21.9. The maximum Gasteiger partial charge on any atom is 0.409 e. The first kappa shape index (κ1) is 29.6. The van der Waals surface area contributed by atoms with Crippen LogP contribution in [0.3, 0.4) is 0 Å². The first-order valence-corrected chi connectivity index (χ1v) is 11.7. The minimum Gasteiger partial charge on any atom is -0.445 e. The second-order valence-corrected chi connectivity index (χ2v) is 9.91. The fourth-order valence-corrected chi connectivity index (χ4v) is 3.87. The Hall–Kier alpha value is -2.46. The number of nitrogens with one attached hydrogen (secondary N) is 2. The molecule has 0 radical (unpaired) electrons. The quantitative estimate of drug-likeness (QED) is 0.584. The van der Waals surface area contributed by atoms with E-state index in [9.17, 15) is 19.2 Å². The van der Waals surface area contributed by atoms with Crippen molar-refractivity contribution in [3.05, 3.63) is 12.2 Å². The lowest BCUT2D eigenvalue weighted by molar-refractivity contribution is -0.129. The van der Waals surface area contributed by atoms with Crippen molar-refractivity contribution in [1.29, 1.82) is 0 Å². The Morgan fingerprint density at radius 3 is 2.03 bits per heavy atom. The highest BCUT2D eigenvalue weighted by molar-refractivity contribution is 5.93. The SMILES string of the molecule is CC(C)N[C@]1(C)CN(C)C(=O)OC/C=C/COC(=O)N(C)CC[C@](C)(C(=O)C(C)C)NCC1=O. The minimum atomic E-state index is -1.07. The molecule has 0 spiro atoms. The van der Waals surface area contributed by atoms with Crippen molar-refractivity contribution in [2.24, 2.45) is 5.92 Å². The van der Waals surface area contributed by atoms with E-state index in [1.165, 1.54) is 9.80 Å². The third-order valence-corrected chi connectivity index (χ3v) is 5.83. The van der Waals surface area contributed by atoms with Gasteiger partial charge in [0.25, 0.3) is 0 Å². The number of amides is 2. The van der Waals surface area contributed by atoms with Crippen LogP contribution in [0.15, 0.2) is 12.2 Å². The summed E-state index contributed by atoms with van der Waals surface area (Å²) in [5, 5.41) is 6.42. The number of hydrogen-bond acceptors (Lipinski definition) is 8. The van der Waals surface area contributed by atoms with Gasteiger partial charge in [-0.3, -0.25) is 14.9 Å². The van der Waals surface area contributed by atoms with Crippen LogP contribution in [0.25, 0.3) is 0 Å². The van der Waals surface area contributed by atoms with Gasteiger partial charge in [-0.2, -0.15) is 0 Å². The Labute approximate surface area is 203 Å². The fourth-order valence-electron chi connectivity index (χ4n) is 3.87. The third-order valence-electron chi connectivity index (χ3n) is 5.83. The lowest BCUT2D eigenvalue weighted by atomic mass is 9.85. The Morgan fingerprint density at radius 1 is 1.00 bits per heavy atom. The van der Waals surface area contributed by atoms with Crippen molar-refractivity contribution < 1.29 is 28.7 Å². The third kappa shape index (κ3) is 8.72. The van der Waals surface area contributed by atoms with Crippen molar-refractivity contribution in [1.82, 2.24) is 20.4 Å². The molecule has 0 saturated carbocycles. The molecule has 0 fully saturated rings. The number of likely N-dealkylation sites (N-methyl/N-ethyl adjacent to an activating group) is 1. The molecule has 1 rings (SSSR count). The van der Waals surface area contributed by atoms with Gasteiger partial charge in [0.05, 0.1) is 17.6 Å². The lowest BCUT2D eigenvalue weighted by Crippen LogP contribution is -2.63. The Kier molecular flexibility index (Phi) is 11.2. The molecule has 10 heteroatoms. The van der Waals surface area contributed by atoms with Crippen LogP contribution in [0.5, 0.6) is 0 Å². The molecule has 2 atom stereocenters. The van der Waals surface area contributed by atoms with Crippen LogP contribution in [0, 0.1) is 5.92 Å². The second-order valence-electron chi connectivity index (χ2n) is 9.91. The van der Waals surface area contributed by atoms with E-state index >= 15 is 0 Å². The van der Waals surface area contributed by atoms with Crippen LogP contribution < -0.4 is 10.6 Å². The molecule has 1 aliphatic rings. The molecule has 2 N–H and O–H groups in total. The number of hydrogen-bond donors (Lipinski definition) is 2. The Bertz CT molecular complexity index is 769. The van der Waals surface area contributed by atoms with Crippen molar-refractivity contribution in [2.75, 3.05) is 46.9 Å². The first-order chi connectivity index (χ1) is 15.7. The smallest absolute Gasteiger partial charge is 0.409 e. The number of carbonyl (C=O) groups is 4. The van der Waals surface area contributed by atoms with E-state index in [4.69, 9.17) is 9.47 Å². The van der Waals surface area contributed by atoms with E-state index < -0.39 is 23.3 Å². The van der Waals surface area contributed by atoms with Crippen molar-refractivity contribution in [3.8, 4) is 0 Å². The Morgan fingerprint density at radius 2 is 1.53 bits per heavy atom. The lowest BCUT2D eigenvalue weighted by Gasteiger charge is -2.37. The monoisotopic (exact) mass is 482 g/mol. The fraction of sp³-hybridized carbons (Fsp3) is 0.750. The van der Waals surface area contributed by atoms with Crippen LogP contribution in [0.2, 0.25) is 0 Å². The topological polar surface area (TPSA) is 117 Å². The summed E-state index contributed by atoms with van der Waals surface area (Å²) >= 11 is 0. The van der Waals surface area contributed by atoms with E-state index in [1.807, 2.05) is 13.8 Å². The molecule has 0 saturated heterocycles. The van der Waals surface area contributed by atoms with Crippen LogP contribution in [0.4, 0.5) is 9.59 Å². The van der Waals surface area contributed by atoms with Crippen LogP contribution in [-0.2, 0) is 19.1 Å². The summed E-state index contributed by atoms with van der Waals surface area (Å²) in [6.07, 6.45) is 2.36. The summed E-state index contributed by atoms with van der Waals surface area (Å²) < 4.78 is 10.4. The van der Waals surface area contributed by atoms with E-state index in [1.54, 1.807) is 53.9 Å². The van der Waals surface area contributed by atoms with Gasteiger partial charge >= 0.3 is 12.2 Å². The average Bonchev–Trinajstić information content (AvgIpc) is 2.75. The van der Waals surface area contributed by atoms with Gasteiger partial charge in [0.15, 0.2) is 11.6 Å². The molecule has 1 heterocycles. The number of ketones is 2. The molecule has 194 valence electrons. The van der Waals surface area contributed by atoms with E-state index in [0.717, 1.165) is 0 Å². The van der Waals surface area contributed by atoms with Crippen LogP contribution in [-0.4, -0.2) is 97.6 Å². The van der Waals surface area contributed by atoms with Gasteiger partial charge < -0.3 is 24.6 Å². The van der Waals surface area contributed by atoms with Gasteiger partial charge in [-0.1, -0.05) is 13.8 Å². The van der Waals surface area contributed by atoms with Crippen molar-refractivity contribution >= 4 is 23.8 Å². The highest BCUT2D eigenvalue weighted by atomic mass is 16.6. The number of cyclic esters (lactones) is 2. The van der Waals surface area contributed by atoms with Gasteiger partial charge in [0.2, 0.25) is 0 Å². The number of rotatable bonds is 4. The maximum absolute atomic E-state index is 13.4. The normalized spacial score (nSPS) is 27.8. The van der Waals surface area contributed by atoms with Gasteiger partial charge in [0, 0.05) is 39.1 Å². The van der Waals surface area contributed by atoms with Crippen LogP contribution in [0.1, 0.15) is 48.0 Å². The summed E-state index contributed by atoms with van der Waals surface area (Å²) in [5.74, 6) is -0.523. The van der Waals surface area contributed by atoms with E-state index in [0.29, 0.717) is 6.42 Å². The van der Waals surface area contributed by atoms with Gasteiger partial charge in [0.1, 0.15) is 13.2 Å². The van der Waals surface area contributed by atoms with Crippen LogP contribution >= 0.6 is 0 Å². The molecule has 1 aliphatic heterocycles. The molecule has 0 aromatic heterocycles. The summed E-state index contributed by atoms with van der Waals surface area (Å²) in [7, 11) is 3.16. The van der Waals surface area contributed by atoms with E-state index in [2.05, 4.69) is 10.6 Å². The summed E-state index contributed by atoms with van der Waals surface area (Å²) in [6.45, 7) is 11.2. The zero-order chi connectivity index (χ0) is 26.1. The molecular formula is C24H42N4O6. The molecule has 2 amide bonds. The minimum absolute atomic E-state index is 0.00998. The molecule has 10 nitrogen and oxygen atoms in total. The van der Waals surface area contributed by atoms with E-state index in [-0.39, 0.29) is 56.4 Å². The molecule has 0 bridgehead atoms. The van der Waals surface area contributed by atoms with Gasteiger partial charge in [-0.15, -0.1) is 0 Å². The predicted molar refractivity (Wildman–Crippen MR) is 130 cm³/mol. The largest absolute Gasteiger partial charge is 0.445 e. The second kappa shape index (κ2) is 12.9. The molecule has 0 unspecified atom stereocenters. The highest BCUT2D eigenvalue weighted by Gasteiger charge is 2.40. The molecule has 34 heavy (non-hydrogen) atoms.